The number of halogens is 2. The third-order valence-electron chi connectivity index (χ3n) is 2.34. The first-order chi connectivity index (χ1) is 7.86. The van der Waals surface area contributed by atoms with Gasteiger partial charge in [-0.3, -0.25) is 9.97 Å². The minimum atomic E-state index is 0.785. The Morgan fingerprint density at radius 3 is 2.44 bits per heavy atom. The first-order valence-electron chi connectivity index (χ1n) is 4.87. The van der Waals surface area contributed by atoms with Gasteiger partial charge in [-0.25, -0.2) is 0 Å². The van der Waals surface area contributed by atoms with Gasteiger partial charge in [-0.1, -0.05) is 37.9 Å². The van der Waals surface area contributed by atoms with Crippen LogP contribution in [0, 0.1) is 0 Å². The van der Waals surface area contributed by atoms with Crippen LogP contribution in [0.5, 0.6) is 0 Å². The van der Waals surface area contributed by atoms with Crippen molar-refractivity contribution in [3.8, 4) is 11.4 Å². The van der Waals surface area contributed by atoms with Crippen LogP contribution in [0.1, 0.15) is 11.1 Å². The molecule has 0 atom stereocenters. The molecule has 16 heavy (non-hydrogen) atoms. The molecule has 0 unspecified atom stereocenters. The number of hydrogen-bond donors (Lipinski definition) is 0. The summed E-state index contributed by atoms with van der Waals surface area (Å²) in [4.78, 5) is 8.75. The Hall–Kier alpha value is -0.740. The molecule has 0 aliphatic heterocycles. The highest BCUT2D eigenvalue weighted by Gasteiger charge is 2.10. The molecule has 0 saturated carbocycles. The number of nitrogens with zero attached hydrogens (tertiary/aromatic N) is 2. The van der Waals surface area contributed by atoms with Crippen molar-refractivity contribution in [3.05, 3.63) is 47.8 Å². The van der Waals surface area contributed by atoms with Gasteiger partial charge in [0.2, 0.25) is 0 Å². The predicted molar refractivity (Wildman–Crippen MR) is 72.7 cm³/mol. The van der Waals surface area contributed by atoms with Gasteiger partial charge in [-0.2, -0.15) is 0 Å². The molecular weight excluding hydrogens is 332 g/mol. The summed E-state index contributed by atoms with van der Waals surface area (Å²) in [5.41, 5.74) is 4.31. The summed E-state index contributed by atoms with van der Waals surface area (Å²) in [5.74, 6) is 0. The van der Waals surface area contributed by atoms with Gasteiger partial charge >= 0.3 is 0 Å². The van der Waals surface area contributed by atoms with Crippen LogP contribution >= 0.6 is 31.9 Å². The van der Waals surface area contributed by atoms with Crippen LogP contribution in [-0.4, -0.2) is 9.97 Å². The summed E-state index contributed by atoms with van der Waals surface area (Å²) in [6.45, 7) is 0. The molecule has 0 spiro atoms. The van der Waals surface area contributed by atoms with E-state index in [2.05, 4.69) is 41.8 Å². The number of pyridine rings is 2. The molecule has 4 heteroatoms. The minimum absolute atomic E-state index is 0.785. The van der Waals surface area contributed by atoms with Crippen LogP contribution in [0.3, 0.4) is 0 Å². The van der Waals surface area contributed by atoms with E-state index in [1.165, 1.54) is 11.1 Å². The Morgan fingerprint density at radius 2 is 1.81 bits per heavy atom. The average Bonchev–Trinajstić information content (AvgIpc) is 2.38. The predicted octanol–water partition coefficient (Wildman–Crippen LogP) is 3.93. The minimum Gasteiger partial charge on any atom is -0.255 e. The Labute approximate surface area is 111 Å². The van der Waals surface area contributed by atoms with E-state index >= 15 is 0 Å². The first-order valence-corrected chi connectivity index (χ1v) is 7.11. The molecule has 0 N–H and O–H groups in total. The molecule has 0 bridgehead atoms. The number of rotatable bonds is 3. The van der Waals surface area contributed by atoms with E-state index in [1.807, 2.05) is 30.5 Å². The van der Waals surface area contributed by atoms with E-state index in [9.17, 15) is 0 Å². The lowest BCUT2D eigenvalue weighted by Crippen LogP contribution is -1.97. The topological polar surface area (TPSA) is 25.8 Å². The van der Waals surface area contributed by atoms with Gasteiger partial charge in [-0.15, -0.1) is 0 Å². The maximum Gasteiger partial charge on any atom is 0.0929 e. The summed E-state index contributed by atoms with van der Waals surface area (Å²) in [6, 6.07) is 7.89. The van der Waals surface area contributed by atoms with E-state index in [0.29, 0.717) is 0 Å². The Balaban J connectivity index is 2.57. The van der Waals surface area contributed by atoms with Crippen molar-refractivity contribution in [3.63, 3.8) is 0 Å². The second-order valence-corrected chi connectivity index (χ2v) is 4.40. The van der Waals surface area contributed by atoms with Gasteiger partial charge in [0, 0.05) is 23.1 Å². The van der Waals surface area contributed by atoms with Crippen molar-refractivity contribution in [1.82, 2.24) is 9.97 Å². The van der Waals surface area contributed by atoms with Crippen molar-refractivity contribution in [1.29, 1.82) is 0 Å². The SMILES string of the molecule is BrCc1ccnc(-c2ccccn2)c1CBr. The molecule has 0 radical (unpaired) electrons. The highest BCUT2D eigenvalue weighted by atomic mass is 79.9. The molecule has 0 fully saturated rings. The van der Waals surface area contributed by atoms with Crippen LogP contribution in [0.4, 0.5) is 0 Å². The van der Waals surface area contributed by atoms with Gasteiger partial charge in [-0.05, 0) is 29.3 Å². The van der Waals surface area contributed by atoms with E-state index in [-0.39, 0.29) is 0 Å². The lowest BCUT2D eigenvalue weighted by Gasteiger charge is -2.09. The molecule has 2 nitrogen and oxygen atoms in total. The Bertz CT molecular complexity index is 472. The fraction of sp³-hybridized carbons (Fsp3) is 0.167. The van der Waals surface area contributed by atoms with Gasteiger partial charge in [0.05, 0.1) is 11.4 Å². The average molecular weight is 342 g/mol. The smallest absolute Gasteiger partial charge is 0.0929 e. The number of alkyl halides is 2. The fourth-order valence-corrected chi connectivity index (χ4v) is 2.68. The summed E-state index contributed by atoms with van der Waals surface area (Å²) in [5, 5.41) is 1.62. The molecule has 0 saturated heterocycles. The van der Waals surface area contributed by atoms with Crippen LogP contribution in [0.25, 0.3) is 11.4 Å². The fourth-order valence-electron chi connectivity index (χ4n) is 1.53. The highest BCUT2D eigenvalue weighted by molar-refractivity contribution is 9.09. The maximum atomic E-state index is 4.42. The van der Waals surface area contributed by atoms with Crippen molar-refractivity contribution < 1.29 is 0 Å². The second-order valence-electron chi connectivity index (χ2n) is 3.28. The van der Waals surface area contributed by atoms with Crippen LogP contribution in [0.2, 0.25) is 0 Å². The van der Waals surface area contributed by atoms with E-state index in [0.717, 1.165) is 22.0 Å². The standard InChI is InChI=1S/C12H10Br2N2/c13-7-9-4-6-16-12(10(9)8-14)11-3-1-2-5-15-11/h1-6H,7-8H2. The number of hydrogen-bond acceptors (Lipinski definition) is 2. The van der Waals surface area contributed by atoms with Crippen LogP contribution < -0.4 is 0 Å². The highest BCUT2D eigenvalue weighted by Crippen LogP contribution is 2.25. The van der Waals surface area contributed by atoms with Crippen molar-refractivity contribution >= 4 is 31.9 Å². The van der Waals surface area contributed by atoms with E-state index < -0.39 is 0 Å². The molecule has 2 aromatic heterocycles. The quantitative estimate of drug-likeness (QED) is 0.790. The second kappa shape index (κ2) is 5.55. The molecule has 2 aromatic rings. The molecule has 82 valence electrons. The van der Waals surface area contributed by atoms with Gasteiger partial charge < -0.3 is 0 Å². The van der Waals surface area contributed by atoms with Crippen LogP contribution in [0.15, 0.2) is 36.7 Å². The molecule has 2 heterocycles. The third-order valence-corrected chi connectivity index (χ3v) is 3.50. The number of aromatic nitrogens is 2. The molecule has 0 aliphatic rings. The Morgan fingerprint density at radius 1 is 0.938 bits per heavy atom. The van der Waals surface area contributed by atoms with Crippen molar-refractivity contribution in [2.75, 3.05) is 0 Å². The molecule has 0 aromatic carbocycles. The molecule has 2 rings (SSSR count). The van der Waals surface area contributed by atoms with E-state index in [1.54, 1.807) is 6.20 Å². The van der Waals surface area contributed by atoms with E-state index in [4.69, 9.17) is 0 Å². The van der Waals surface area contributed by atoms with Crippen LogP contribution in [-0.2, 0) is 10.7 Å². The van der Waals surface area contributed by atoms with Crippen molar-refractivity contribution in [2.24, 2.45) is 0 Å². The summed E-state index contributed by atoms with van der Waals surface area (Å²) >= 11 is 7.00. The Kier molecular flexibility index (Phi) is 4.07. The third kappa shape index (κ3) is 2.33. The van der Waals surface area contributed by atoms with Gasteiger partial charge in [0.15, 0.2) is 0 Å². The molecule has 0 amide bonds. The van der Waals surface area contributed by atoms with Gasteiger partial charge in [0.1, 0.15) is 0 Å². The summed E-state index contributed by atoms with van der Waals surface area (Å²) in [7, 11) is 0. The molecular formula is C12H10Br2N2. The first kappa shape index (κ1) is 11.7. The lowest BCUT2D eigenvalue weighted by molar-refractivity contribution is 1.17. The lowest BCUT2D eigenvalue weighted by atomic mass is 10.1. The normalized spacial score (nSPS) is 10.4. The summed E-state index contributed by atoms with van der Waals surface area (Å²) < 4.78 is 0. The zero-order valence-corrected chi connectivity index (χ0v) is 11.7. The monoisotopic (exact) mass is 340 g/mol. The van der Waals surface area contributed by atoms with Gasteiger partial charge in [0.25, 0.3) is 0 Å². The molecule has 0 aliphatic carbocycles. The van der Waals surface area contributed by atoms with Crippen molar-refractivity contribution in [2.45, 2.75) is 10.7 Å². The summed E-state index contributed by atoms with van der Waals surface area (Å²) in [6.07, 6.45) is 3.61. The zero-order chi connectivity index (χ0) is 11.4. The maximum absolute atomic E-state index is 4.42. The zero-order valence-electron chi connectivity index (χ0n) is 8.53. The largest absolute Gasteiger partial charge is 0.255 e.